The van der Waals surface area contributed by atoms with E-state index in [0.717, 1.165) is 19.4 Å². The molecular formula is C12H24N2O2. The van der Waals surface area contributed by atoms with Gasteiger partial charge in [0.1, 0.15) is 0 Å². The summed E-state index contributed by atoms with van der Waals surface area (Å²) in [7, 11) is 0. The Kier molecular flexibility index (Phi) is 5.77. The molecule has 0 aliphatic carbocycles. The minimum Gasteiger partial charge on any atom is -0.379 e. The molecule has 1 saturated heterocycles. The summed E-state index contributed by atoms with van der Waals surface area (Å²) >= 11 is 0. The molecule has 0 spiro atoms. The monoisotopic (exact) mass is 228 g/mol. The third-order valence-corrected chi connectivity index (χ3v) is 2.89. The molecule has 2 unspecified atom stereocenters. The first-order chi connectivity index (χ1) is 7.61. The number of ether oxygens (including phenoxy) is 1. The second-order valence-electron chi connectivity index (χ2n) is 4.76. The topological polar surface area (TPSA) is 50.4 Å². The van der Waals surface area contributed by atoms with Crippen molar-refractivity contribution in [2.45, 2.75) is 45.8 Å². The van der Waals surface area contributed by atoms with Gasteiger partial charge in [0.05, 0.1) is 12.1 Å². The van der Waals surface area contributed by atoms with Crippen LogP contribution in [-0.2, 0) is 9.53 Å². The molecular weight excluding hydrogens is 204 g/mol. The predicted octanol–water partition coefficient (Wildman–Crippen LogP) is 0.916. The van der Waals surface area contributed by atoms with Gasteiger partial charge < -0.3 is 15.4 Å². The van der Waals surface area contributed by atoms with Crippen LogP contribution >= 0.6 is 0 Å². The molecule has 1 heterocycles. The maximum atomic E-state index is 11.7. The fourth-order valence-corrected chi connectivity index (χ4v) is 1.90. The molecule has 0 radical (unpaired) electrons. The maximum Gasteiger partial charge on any atom is 0.237 e. The van der Waals surface area contributed by atoms with Crippen molar-refractivity contribution in [1.29, 1.82) is 0 Å². The van der Waals surface area contributed by atoms with E-state index < -0.39 is 0 Å². The first kappa shape index (κ1) is 13.5. The fourth-order valence-electron chi connectivity index (χ4n) is 1.90. The second kappa shape index (κ2) is 6.86. The van der Waals surface area contributed by atoms with Gasteiger partial charge in [-0.15, -0.1) is 0 Å². The number of rotatable bonds is 6. The average molecular weight is 228 g/mol. The van der Waals surface area contributed by atoms with Crippen molar-refractivity contribution < 1.29 is 9.53 Å². The third-order valence-electron chi connectivity index (χ3n) is 2.89. The molecule has 2 atom stereocenters. The van der Waals surface area contributed by atoms with Gasteiger partial charge in [0, 0.05) is 13.2 Å². The zero-order valence-electron chi connectivity index (χ0n) is 10.6. The smallest absolute Gasteiger partial charge is 0.237 e. The molecule has 0 aromatic carbocycles. The molecule has 4 nitrogen and oxygen atoms in total. The molecule has 1 aliphatic heterocycles. The molecule has 1 fully saturated rings. The van der Waals surface area contributed by atoms with Gasteiger partial charge in [-0.1, -0.05) is 6.92 Å². The lowest BCUT2D eigenvalue weighted by Crippen LogP contribution is -2.43. The van der Waals surface area contributed by atoms with Crippen LogP contribution in [0.15, 0.2) is 0 Å². The van der Waals surface area contributed by atoms with Crippen molar-refractivity contribution in [2.75, 3.05) is 19.7 Å². The minimum atomic E-state index is 0.00557. The van der Waals surface area contributed by atoms with E-state index in [9.17, 15) is 4.79 Å². The van der Waals surface area contributed by atoms with Crippen molar-refractivity contribution in [2.24, 2.45) is 5.92 Å². The normalized spacial score (nSPS) is 25.0. The number of carbonyl (C=O) groups is 1. The van der Waals surface area contributed by atoms with Crippen LogP contribution < -0.4 is 10.6 Å². The van der Waals surface area contributed by atoms with Crippen LogP contribution in [0, 0.1) is 5.92 Å². The van der Waals surface area contributed by atoms with E-state index >= 15 is 0 Å². The highest BCUT2D eigenvalue weighted by molar-refractivity contribution is 5.82. The second-order valence-corrected chi connectivity index (χ2v) is 4.76. The SMILES string of the molecule is CC(C)OCCCNC(=O)C1NCCC1C. The van der Waals surface area contributed by atoms with Gasteiger partial charge in [0.15, 0.2) is 0 Å². The molecule has 0 aromatic rings. The molecule has 1 amide bonds. The summed E-state index contributed by atoms with van der Waals surface area (Å²) < 4.78 is 5.40. The van der Waals surface area contributed by atoms with E-state index in [1.165, 1.54) is 0 Å². The average Bonchev–Trinajstić information content (AvgIpc) is 2.63. The Hall–Kier alpha value is -0.610. The van der Waals surface area contributed by atoms with Crippen LogP contribution in [-0.4, -0.2) is 37.7 Å². The number of amides is 1. The van der Waals surface area contributed by atoms with E-state index in [2.05, 4.69) is 17.6 Å². The van der Waals surface area contributed by atoms with Gasteiger partial charge in [0.2, 0.25) is 5.91 Å². The number of nitrogens with one attached hydrogen (secondary N) is 2. The zero-order valence-corrected chi connectivity index (χ0v) is 10.6. The van der Waals surface area contributed by atoms with Gasteiger partial charge in [-0.3, -0.25) is 4.79 Å². The number of hydrogen-bond acceptors (Lipinski definition) is 3. The summed E-state index contributed by atoms with van der Waals surface area (Å²) in [6.07, 6.45) is 2.24. The van der Waals surface area contributed by atoms with Gasteiger partial charge in [-0.2, -0.15) is 0 Å². The van der Waals surface area contributed by atoms with Crippen molar-refractivity contribution in [1.82, 2.24) is 10.6 Å². The fraction of sp³-hybridized carbons (Fsp3) is 0.917. The van der Waals surface area contributed by atoms with Crippen molar-refractivity contribution in [3.63, 3.8) is 0 Å². The number of carbonyl (C=O) groups excluding carboxylic acids is 1. The summed E-state index contributed by atoms with van der Waals surface area (Å²) in [6, 6.07) is 0.00557. The first-order valence-electron chi connectivity index (χ1n) is 6.24. The Bertz CT molecular complexity index is 219. The molecule has 4 heteroatoms. The van der Waals surface area contributed by atoms with Crippen molar-refractivity contribution in [3.8, 4) is 0 Å². The highest BCUT2D eigenvalue weighted by Crippen LogP contribution is 2.13. The minimum absolute atomic E-state index is 0.00557. The van der Waals surface area contributed by atoms with Crippen LogP contribution in [0.2, 0.25) is 0 Å². The van der Waals surface area contributed by atoms with Crippen LogP contribution in [0.4, 0.5) is 0 Å². The van der Waals surface area contributed by atoms with E-state index in [1.807, 2.05) is 13.8 Å². The Morgan fingerprint density at radius 1 is 1.56 bits per heavy atom. The molecule has 0 saturated carbocycles. The van der Waals surface area contributed by atoms with Crippen molar-refractivity contribution in [3.05, 3.63) is 0 Å². The lowest BCUT2D eigenvalue weighted by molar-refractivity contribution is -0.123. The Morgan fingerprint density at radius 3 is 2.88 bits per heavy atom. The molecule has 2 N–H and O–H groups in total. The van der Waals surface area contributed by atoms with E-state index in [0.29, 0.717) is 19.1 Å². The van der Waals surface area contributed by atoms with Crippen molar-refractivity contribution >= 4 is 5.91 Å². The van der Waals surface area contributed by atoms with Crippen LogP contribution in [0.3, 0.4) is 0 Å². The summed E-state index contributed by atoms with van der Waals surface area (Å²) in [5.41, 5.74) is 0. The first-order valence-corrected chi connectivity index (χ1v) is 6.24. The van der Waals surface area contributed by atoms with Gasteiger partial charge in [0.25, 0.3) is 0 Å². The lowest BCUT2D eigenvalue weighted by atomic mass is 10.0. The molecule has 0 aromatic heterocycles. The zero-order chi connectivity index (χ0) is 12.0. The highest BCUT2D eigenvalue weighted by Gasteiger charge is 2.28. The van der Waals surface area contributed by atoms with Gasteiger partial charge in [-0.25, -0.2) is 0 Å². The Morgan fingerprint density at radius 2 is 2.31 bits per heavy atom. The molecule has 1 rings (SSSR count). The standard InChI is InChI=1S/C12H24N2O2/c1-9(2)16-8-4-6-14-12(15)11-10(3)5-7-13-11/h9-11,13H,4-8H2,1-3H3,(H,14,15). The quantitative estimate of drug-likeness (QED) is 0.665. The summed E-state index contributed by atoms with van der Waals surface area (Å²) in [4.78, 5) is 11.7. The molecule has 94 valence electrons. The third kappa shape index (κ3) is 4.49. The largest absolute Gasteiger partial charge is 0.379 e. The number of hydrogen-bond donors (Lipinski definition) is 2. The van der Waals surface area contributed by atoms with E-state index in [1.54, 1.807) is 0 Å². The lowest BCUT2D eigenvalue weighted by Gasteiger charge is -2.15. The summed E-state index contributed by atoms with van der Waals surface area (Å²) in [6.45, 7) is 8.52. The Labute approximate surface area is 98.1 Å². The summed E-state index contributed by atoms with van der Waals surface area (Å²) in [5, 5.41) is 6.17. The summed E-state index contributed by atoms with van der Waals surface area (Å²) in [5.74, 6) is 0.585. The van der Waals surface area contributed by atoms with Gasteiger partial charge in [-0.05, 0) is 39.2 Å². The van der Waals surface area contributed by atoms with Crippen LogP contribution in [0.5, 0.6) is 0 Å². The maximum absolute atomic E-state index is 11.7. The van der Waals surface area contributed by atoms with E-state index in [-0.39, 0.29) is 18.1 Å². The highest BCUT2D eigenvalue weighted by atomic mass is 16.5. The van der Waals surface area contributed by atoms with Gasteiger partial charge >= 0.3 is 0 Å². The Balaban J connectivity index is 2.06. The van der Waals surface area contributed by atoms with Crippen LogP contribution in [0.1, 0.15) is 33.6 Å². The van der Waals surface area contributed by atoms with Crippen LogP contribution in [0.25, 0.3) is 0 Å². The van der Waals surface area contributed by atoms with E-state index in [4.69, 9.17) is 4.74 Å². The molecule has 1 aliphatic rings. The molecule has 16 heavy (non-hydrogen) atoms. The molecule has 0 bridgehead atoms. The predicted molar refractivity (Wildman–Crippen MR) is 64.3 cm³/mol.